The number of carbonyl (C=O) groups excluding carboxylic acids is 1. The summed E-state index contributed by atoms with van der Waals surface area (Å²) in [7, 11) is 0. The van der Waals surface area contributed by atoms with Gasteiger partial charge >= 0.3 is 0 Å². The number of hydrogen-bond acceptors (Lipinski definition) is 4. The minimum absolute atomic E-state index is 0.280. The first-order chi connectivity index (χ1) is 8.77. The smallest absolute Gasteiger partial charge is 0.271 e. The number of nitrogens with one attached hydrogen (secondary N) is 1. The van der Waals surface area contributed by atoms with E-state index in [0.717, 1.165) is 12.8 Å². The van der Waals surface area contributed by atoms with Crippen LogP contribution in [0.25, 0.3) is 0 Å². The lowest BCUT2D eigenvalue weighted by Gasteiger charge is -2.26. The molecule has 5 heteroatoms. The van der Waals surface area contributed by atoms with Crippen LogP contribution in [0.5, 0.6) is 0 Å². The minimum atomic E-state index is -0.453. The lowest BCUT2D eigenvalue weighted by molar-refractivity contribution is 0.0735. The summed E-state index contributed by atoms with van der Waals surface area (Å²) in [6.07, 6.45) is 9.70. The zero-order chi connectivity index (χ0) is 12.8. The Morgan fingerprint density at radius 2 is 2.17 bits per heavy atom. The van der Waals surface area contributed by atoms with E-state index in [0.29, 0.717) is 12.5 Å². The quantitative estimate of drug-likeness (QED) is 0.839. The molecular weight excluding hydrogens is 230 g/mol. The van der Waals surface area contributed by atoms with Crippen molar-refractivity contribution in [1.82, 2.24) is 15.3 Å². The van der Waals surface area contributed by atoms with Gasteiger partial charge in [-0.25, -0.2) is 4.98 Å². The van der Waals surface area contributed by atoms with Crippen LogP contribution in [0.2, 0.25) is 0 Å². The number of aliphatic hydroxyl groups excluding tert-OH is 1. The Morgan fingerprint density at radius 1 is 1.39 bits per heavy atom. The maximum atomic E-state index is 11.7. The third-order valence-electron chi connectivity index (χ3n) is 3.46. The van der Waals surface area contributed by atoms with Crippen LogP contribution < -0.4 is 5.32 Å². The van der Waals surface area contributed by atoms with Crippen LogP contribution in [0, 0.1) is 5.92 Å². The van der Waals surface area contributed by atoms with Gasteiger partial charge in [0.15, 0.2) is 0 Å². The maximum Gasteiger partial charge on any atom is 0.271 e. The molecule has 0 unspecified atom stereocenters. The molecule has 1 fully saturated rings. The van der Waals surface area contributed by atoms with Crippen molar-refractivity contribution in [2.24, 2.45) is 5.92 Å². The molecule has 1 saturated carbocycles. The van der Waals surface area contributed by atoms with E-state index in [-0.39, 0.29) is 11.6 Å². The molecule has 5 nitrogen and oxygen atoms in total. The SMILES string of the molecule is O=C(NC[C@@H](O)C1CCCCC1)c1cnccn1. The van der Waals surface area contributed by atoms with Gasteiger partial charge < -0.3 is 10.4 Å². The first-order valence-corrected chi connectivity index (χ1v) is 6.49. The predicted octanol–water partition coefficient (Wildman–Crippen LogP) is 1.15. The first-order valence-electron chi connectivity index (χ1n) is 6.49. The summed E-state index contributed by atoms with van der Waals surface area (Å²) >= 11 is 0. The molecule has 2 N–H and O–H groups in total. The van der Waals surface area contributed by atoms with Gasteiger partial charge in [0, 0.05) is 18.9 Å². The lowest BCUT2D eigenvalue weighted by Crippen LogP contribution is -2.37. The van der Waals surface area contributed by atoms with Crippen LogP contribution in [0.4, 0.5) is 0 Å². The summed E-state index contributed by atoms with van der Waals surface area (Å²) in [4.78, 5) is 19.5. The number of amides is 1. The van der Waals surface area contributed by atoms with Crippen molar-refractivity contribution >= 4 is 5.91 Å². The first kappa shape index (κ1) is 13.0. The molecule has 0 aliphatic heterocycles. The molecule has 0 aromatic carbocycles. The summed E-state index contributed by atoms with van der Waals surface area (Å²) in [5.41, 5.74) is 0.286. The van der Waals surface area contributed by atoms with Gasteiger partial charge in [0.25, 0.3) is 5.91 Å². The Hall–Kier alpha value is -1.49. The van der Waals surface area contributed by atoms with Crippen LogP contribution in [0.3, 0.4) is 0 Å². The zero-order valence-corrected chi connectivity index (χ0v) is 10.4. The summed E-state index contributed by atoms with van der Waals surface area (Å²) in [5, 5.41) is 12.7. The molecule has 0 saturated heterocycles. The van der Waals surface area contributed by atoms with Crippen molar-refractivity contribution in [3.8, 4) is 0 Å². The van der Waals surface area contributed by atoms with Gasteiger partial charge in [0.1, 0.15) is 5.69 Å². The molecule has 2 rings (SSSR count). The standard InChI is InChI=1S/C13H19N3O2/c17-12(10-4-2-1-3-5-10)9-16-13(18)11-8-14-6-7-15-11/h6-8,10,12,17H,1-5,9H2,(H,16,18)/t12-/m1/s1. The molecule has 1 heterocycles. The predicted molar refractivity (Wildman–Crippen MR) is 66.9 cm³/mol. The van der Waals surface area contributed by atoms with Gasteiger partial charge in [-0.05, 0) is 18.8 Å². The van der Waals surface area contributed by atoms with E-state index in [2.05, 4.69) is 15.3 Å². The molecule has 0 bridgehead atoms. The summed E-state index contributed by atoms with van der Waals surface area (Å²) in [6, 6.07) is 0. The largest absolute Gasteiger partial charge is 0.391 e. The highest BCUT2D eigenvalue weighted by Gasteiger charge is 2.22. The fraction of sp³-hybridized carbons (Fsp3) is 0.615. The minimum Gasteiger partial charge on any atom is -0.391 e. The second-order valence-electron chi connectivity index (χ2n) is 4.77. The average Bonchev–Trinajstić information content (AvgIpc) is 2.46. The van der Waals surface area contributed by atoms with Crippen molar-refractivity contribution in [1.29, 1.82) is 0 Å². The number of nitrogens with zero attached hydrogens (tertiary/aromatic N) is 2. The molecule has 1 aromatic rings. The van der Waals surface area contributed by atoms with Crippen molar-refractivity contribution < 1.29 is 9.90 Å². The normalized spacial score (nSPS) is 18.3. The van der Waals surface area contributed by atoms with Gasteiger partial charge in [0.05, 0.1) is 12.3 Å². The average molecular weight is 249 g/mol. The van der Waals surface area contributed by atoms with Crippen molar-refractivity contribution in [3.63, 3.8) is 0 Å². The van der Waals surface area contributed by atoms with Gasteiger partial charge in [0.2, 0.25) is 0 Å². The Bertz CT molecular complexity index is 377. The van der Waals surface area contributed by atoms with Crippen LogP contribution >= 0.6 is 0 Å². The van der Waals surface area contributed by atoms with E-state index in [4.69, 9.17) is 0 Å². The highest BCUT2D eigenvalue weighted by molar-refractivity contribution is 5.91. The highest BCUT2D eigenvalue weighted by Crippen LogP contribution is 2.26. The second kappa shape index (κ2) is 6.44. The number of aromatic nitrogens is 2. The Morgan fingerprint density at radius 3 is 2.83 bits per heavy atom. The maximum absolute atomic E-state index is 11.7. The Balaban J connectivity index is 1.78. The van der Waals surface area contributed by atoms with Gasteiger partial charge in [-0.3, -0.25) is 9.78 Å². The van der Waals surface area contributed by atoms with Crippen LogP contribution in [0.1, 0.15) is 42.6 Å². The van der Waals surface area contributed by atoms with Gasteiger partial charge in [-0.15, -0.1) is 0 Å². The molecule has 0 spiro atoms. The third-order valence-corrected chi connectivity index (χ3v) is 3.46. The van der Waals surface area contributed by atoms with Crippen molar-refractivity contribution in [3.05, 3.63) is 24.3 Å². The number of hydrogen-bond donors (Lipinski definition) is 2. The van der Waals surface area contributed by atoms with E-state index in [1.165, 1.54) is 37.9 Å². The van der Waals surface area contributed by atoms with Crippen LogP contribution in [-0.4, -0.2) is 33.6 Å². The van der Waals surface area contributed by atoms with E-state index in [1.54, 1.807) is 0 Å². The van der Waals surface area contributed by atoms with E-state index in [1.807, 2.05) is 0 Å². The Kier molecular flexibility index (Phi) is 4.64. The molecule has 1 amide bonds. The third kappa shape index (κ3) is 3.50. The summed E-state index contributed by atoms with van der Waals surface area (Å²) < 4.78 is 0. The monoisotopic (exact) mass is 249 g/mol. The van der Waals surface area contributed by atoms with E-state index in [9.17, 15) is 9.90 Å². The topological polar surface area (TPSA) is 75.1 Å². The highest BCUT2D eigenvalue weighted by atomic mass is 16.3. The van der Waals surface area contributed by atoms with Crippen LogP contribution in [-0.2, 0) is 0 Å². The zero-order valence-electron chi connectivity index (χ0n) is 10.4. The number of carbonyl (C=O) groups is 1. The molecule has 1 atom stereocenters. The fourth-order valence-electron chi connectivity index (χ4n) is 2.39. The Labute approximate surface area is 107 Å². The van der Waals surface area contributed by atoms with Gasteiger partial charge in [-0.2, -0.15) is 0 Å². The van der Waals surface area contributed by atoms with E-state index >= 15 is 0 Å². The van der Waals surface area contributed by atoms with E-state index < -0.39 is 6.10 Å². The van der Waals surface area contributed by atoms with Crippen molar-refractivity contribution in [2.45, 2.75) is 38.2 Å². The molecule has 0 radical (unpaired) electrons. The molecule has 18 heavy (non-hydrogen) atoms. The number of rotatable bonds is 4. The van der Waals surface area contributed by atoms with Crippen LogP contribution in [0.15, 0.2) is 18.6 Å². The molecule has 1 aromatic heterocycles. The molecular formula is C13H19N3O2. The summed E-state index contributed by atoms with van der Waals surface area (Å²) in [5.74, 6) is 0.0406. The van der Waals surface area contributed by atoms with Crippen molar-refractivity contribution in [2.75, 3.05) is 6.54 Å². The summed E-state index contributed by atoms with van der Waals surface area (Å²) in [6.45, 7) is 0.292. The molecule has 98 valence electrons. The van der Waals surface area contributed by atoms with Gasteiger partial charge in [-0.1, -0.05) is 19.3 Å². The fourth-order valence-corrected chi connectivity index (χ4v) is 2.39. The second-order valence-corrected chi connectivity index (χ2v) is 4.77. The lowest BCUT2D eigenvalue weighted by atomic mass is 9.85. The number of aliphatic hydroxyl groups is 1. The molecule has 1 aliphatic carbocycles. The molecule has 1 aliphatic rings.